The zero-order valence-corrected chi connectivity index (χ0v) is 7.95. The van der Waals surface area contributed by atoms with Crippen molar-refractivity contribution in [3.05, 3.63) is 11.6 Å². The minimum absolute atomic E-state index is 0.0961. The van der Waals surface area contributed by atoms with Crippen LogP contribution in [0.3, 0.4) is 0 Å². The molecule has 0 amide bonds. The molecule has 1 rings (SSSR count). The van der Waals surface area contributed by atoms with E-state index in [1.54, 1.807) is 6.08 Å². The Morgan fingerprint density at radius 1 is 1.54 bits per heavy atom. The van der Waals surface area contributed by atoms with Crippen LogP contribution in [0, 0.1) is 0 Å². The van der Waals surface area contributed by atoms with Gasteiger partial charge in [-0.1, -0.05) is 19.8 Å². The number of cyclic esters (lactones) is 1. The van der Waals surface area contributed by atoms with Crippen LogP contribution in [0.25, 0.3) is 0 Å². The van der Waals surface area contributed by atoms with E-state index in [0.717, 1.165) is 25.7 Å². The van der Waals surface area contributed by atoms with E-state index in [9.17, 15) is 4.79 Å². The lowest BCUT2D eigenvalue weighted by atomic mass is 10.1. The van der Waals surface area contributed by atoms with Gasteiger partial charge in [-0.25, -0.2) is 4.79 Å². The van der Waals surface area contributed by atoms with E-state index in [-0.39, 0.29) is 18.7 Å². The maximum atomic E-state index is 11.0. The molecule has 1 atom stereocenters. The van der Waals surface area contributed by atoms with Gasteiger partial charge in [0.2, 0.25) is 0 Å². The lowest BCUT2D eigenvalue weighted by Gasteiger charge is -2.06. The zero-order valence-electron chi connectivity index (χ0n) is 7.95. The summed E-state index contributed by atoms with van der Waals surface area (Å²) in [6.07, 6.45) is 5.92. The summed E-state index contributed by atoms with van der Waals surface area (Å²) in [5.41, 5.74) is 0.404. The Kier molecular flexibility index (Phi) is 3.96. The molecule has 1 aliphatic rings. The third kappa shape index (κ3) is 2.84. The van der Waals surface area contributed by atoms with Gasteiger partial charge < -0.3 is 9.84 Å². The summed E-state index contributed by atoms with van der Waals surface area (Å²) in [5.74, 6) is -0.357. The van der Waals surface area contributed by atoms with Crippen LogP contribution in [0.15, 0.2) is 11.6 Å². The molecule has 1 heterocycles. The van der Waals surface area contributed by atoms with Crippen LogP contribution in [0.1, 0.15) is 32.6 Å². The molecule has 0 spiro atoms. The molecule has 74 valence electrons. The van der Waals surface area contributed by atoms with E-state index in [4.69, 9.17) is 9.84 Å². The molecule has 13 heavy (non-hydrogen) atoms. The van der Waals surface area contributed by atoms with Crippen molar-refractivity contribution in [2.75, 3.05) is 6.61 Å². The number of aliphatic hydroxyl groups is 1. The number of unbranched alkanes of at least 4 members (excludes halogenated alkanes) is 2. The Balaban J connectivity index is 2.30. The Labute approximate surface area is 78.4 Å². The van der Waals surface area contributed by atoms with Crippen LogP contribution < -0.4 is 0 Å². The highest BCUT2D eigenvalue weighted by Crippen LogP contribution is 2.18. The maximum Gasteiger partial charge on any atom is 0.336 e. The van der Waals surface area contributed by atoms with E-state index >= 15 is 0 Å². The summed E-state index contributed by atoms with van der Waals surface area (Å²) in [6, 6.07) is 0. The SMILES string of the molecule is CCCCCC1C=C(CO)C(=O)O1. The fourth-order valence-corrected chi connectivity index (χ4v) is 1.39. The topological polar surface area (TPSA) is 46.5 Å². The molecule has 0 aromatic carbocycles. The average molecular weight is 184 g/mol. The molecule has 0 radical (unpaired) electrons. The van der Waals surface area contributed by atoms with Crippen molar-refractivity contribution >= 4 is 5.97 Å². The van der Waals surface area contributed by atoms with Gasteiger partial charge in [0.05, 0.1) is 12.2 Å². The molecule has 1 unspecified atom stereocenters. The number of hydrogen-bond donors (Lipinski definition) is 1. The van der Waals surface area contributed by atoms with Gasteiger partial charge in [-0.15, -0.1) is 0 Å². The summed E-state index contributed by atoms with van der Waals surface area (Å²) >= 11 is 0. The zero-order chi connectivity index (χ0) is 9.68. The number of hydrogen-bond acceptors (Lipinski definition) is 3. The summed E-state index contributed by atoms with van der Waals surface area (Å²) in [5, 5.41) is 8.76. The number of carbonyl (C=O) groups excluding carboxylic acids is 1. The van der Waals surface area contributed by atoms with Crippen molar-refractivity contribution in [1.82, 2.24) is 0 Å². The van der Waals surface area contributed by atoms with E-state index in [0.29, 0.717) is 5.57 Å². The molecule has 1 aliphatic heterocycles. The number of aliphatic hydroxyl groups excluding tert-OH is 1. The summed E-state index contributed by atoms with van der Waals surface area (Å²) < 4.78 is 5.02. The highest BCUT2D eigenvalue weighted by atomic mass is 16.5. The Morgan fingerprint density at radius 2 is 2.31 bits per heavy atom. The first kappa shape index (κ1) is 10.3. The quantitative estimate of drug-likeness (QED) is 0.519. The molecule has 3 heteroatoms. The largest absolute Gasteiger partial charge is 0.455 e. The van der Waals surface area contributed by atoms with Crippen LogP contribution in [0.4, 0.5) is 0 Å². The molecule has 0 bridgehead atoms. The molecule has 0 saturated carbocycles. The van der Waals surface area contributed by atoms with Crippen LogP contribution in [0.5, 0.6) is 0 Å². The van der Waals surface area contributed by atoms with Crippen LogP contribution in [-0.4, -0.2) is 23.8 Å². The molecular formula is C10H16O3. The lowest BCUT2D eigenvalue weighted by molar-refractivity contribution is -0.140. The molecule has 1 N–H and O–H groups in total. The molecule has 0 aliphatic carbocycles. The number of carbonyl (C=O) groups is 1. The summed E-state index contributed by atoms with van der Waals surface area (Å²) in [4.78, 5) is 11.0. The van der Waals surface area contributed by atoms with Gasteiger partial charge >= 0.3 is 5.97 Å². The molecule has 0 saturated heterocycles. The van der Waals surface area contributed by atoms with E-state index in [1.807, 2.05) is 0 Å². The smallest absolute Gasteiger partial charge is 0.336 e. The number of esters is 1. The monoisotopic (exact) mass is 184 g/mol. The Hall–Kier alpha value is -0.830. The van der Waals surface area contributed by atoms with Crippen molar-refractivity contribution in [2.45, 2.75) is 38.7 Å². The van der Waals surface area contributed by atoms with Gasteiger partial charge in [0.15, 0.2) is 0 Å². The standard InChI is InChI=1S/C10H16O3/c1-2-3-4-5-9-6-8(7-11)10(12)13-9/h6,9,11H,2-5,7H2,1H3. The average Bonchev–Trinajstić information content (AvgIpc) is 2.47. The molecule has 0 aromatic rings. The van der Waals surface area contributed by atoms with Crippen LogP contribution in [0.2, 0.25) is 0 Å². The predicted octanol–water partition coefficient (Wildman–Crippen LogP) is 1.41. The van der Waals surface area contributed by atoms with Gasteiger partial charge in [0.1, 0.15) is 6.10 Å². The van der Waals surface area contributed by atoms with Gasteiger partial charge in [0.25, 0.3) is 0 Å². The number of rotatable bonds is 5. The van der Waals surface area contributed by atoms with Gasteiger partial charge in [-0.05, 0) is 18.9 Å². The maximum absolute atomic E-state index is 11.0. The lowest BCUT2D eigenvalue weighted by Crippen LogP contribution is -2.08. The second-order valence-electron chi connectivity index (χ2n) is 3.29. The second-order valence-corrected chi connectivity index (χ2v) is 3.29. The van der Waals surface area contributed by atoms with E-state index in [2.05, 4.69) is 6.92 Å². The van der Waals surface area contributed by atoms with Crippen molar-refractivity contribution in [2.24, 2.45) is 0 Å². The summed E-state index contributed by atoms with van der Waals surface area (Å²) in [6.45, 7) is 1.93. The van der Waals surface area contributed by atoms with Gasteiger partial charge in [0, 0.05) is 0 Å². The summed E-state index contributed by atoms with van der Waals surface area (Å²) in [7, 11) is 0. The Morgan fingerprint density at radius 3 is 2.85 bits per heavy atom. The third-order valence-electron chi connectivity index (χ3n) is 2.17. The highest BCUT2D eigenvalue weighted by Gasteiger charge is 2.23. The molecule has 3 nitrogen and oxygen atoms in total. The fourth-order valence-electron chi connectivity index (χ4n) is 1.39. The van der Waals surface area contributed by atoms with Crippen LogP contribution in [-0.2, 0) is 9.53 Å². The van der Waals surface area contributed by atoms with E-state index in [1.165, 1.54) is 0 Å². The third-order valence-corrected chi connectivity index (χ3v) is 2.17. The minimum atomic E-state index is -0.357. The van der Waals surface area contributed by atoms with E-state index < -0.39 is 0 Å². The first-order chi connectivity index (χ1) is 6.27. The molecule has 0 fully saturated rings. The molecule has 0 aromatic heterocycles. The first-order valence-electron chi connectivity index (χ1n) is 4.80. The van der Waals surface area contributed by atoms with Gasteiger partial charge in [-0.3, -0.25) is 0 Å². The normalized spacial score (nSPS) is 21.5. The Bertz CT molecular complexity index is 208. The number of ether oxygens (including phenoxy) is 1. The van der Waals surface area contributed by atoms with Crippen molar-refractivity contribution in [1.29, 1.82) is 0 Å². The van der Waals surface area contributed by atoms with Gasteiger partial charge in [-0.2, -0.15) is 0 Å². The van der Waals surface area contributed by atoms with Crippen LogP contribution >= 0.6 is 0 Å². The fraction of sp³-hybridized carbons (Fsp3) is 0.700. The van der Waals surface area contributed by atoms with Crippen molar-refractivity contribution in [3.63, 3.8) is 0 Å². The predicted molar refractivity (Wildman–Crippen MR) is 49.2 cm³/mol. The molecular weight excluding hydrogens is 168 g/mol. The highest BCUT2D eigenvalue weighted by molar-refractivity contribution is 5.91. The van der Waals surface area contributed by atoms with Crippen molar-refractivity contribution in [3.8, 4) is 0 Å². The first-order valence-corrected chi connectivity index (χ1v) is 4.80. The van der Waals surface area contributed by atoms with Crippen molar-refractivity contribution < 1.29 is 14.6 Å². The second kappa shape index (κ2) is 5.02. The minimum Gasteiger partial charge on any atom is -0.455 e.